The zero-order valence-electron chi connectivity index (χ0n) is 13.9. The number of fused-ring (bicyclic) bond motifs is 1. The molecule has 3 rings (SSSR count). The molecule has 0 aromatic heterocycles. The smallest absolute Gasteiger partial charge is 0.414 e. The van der Waals surface area contributed by atoms with Gasteiger partial charge in [0.05, 0.1) is 18.8 Å². The minimum atomic E-state index is -0.876. The fraction of sp³-hybridized carbons (Fsp3) is 0.263. The van der Waals surface area contributed by atoms with Crippen molar-refractivity contribution >= 4 is 17.7 Å². The summed E-state index contributed by atoms with van der Waals surface area (Å²) in [6.45, 7) is 2.17. The lowest BCUT2D eigenvalue weighted by atomic mass is 10.2. The Hall–Kier alpha value is -3.02. The lowest BCUT2D eigenvalue weighted by molar-refractivity contribution is -0.151. The van der Waals surface area contributed by atoms with E-state index >= 15 is 0 Å². The summed E-state index contributed by atoms with van der Waals surface area (Å²) in [6, 6.07) is 16.4. The van der Waals surface area contributed by atoms with Crippen molar-refractivity contribution in [3.8, 4) is 5.75 Å². The molecule has 2 aromatic carbocycles. The summed E-state index contributed by atoms with van der Waals surface area (Å²) >= 11 is 0. The first kappa shape index (κ1) is 16.8. The zero-order valence-corrected chi connectivity index (χ0v) is 13.9. The predicted octanol–water partition coefficient (Wildman–Crippen LogP) is 3.15. The van der Waals surface area contributed by atoms with Crippen LogP contribution in [0.15, 0.2) is 54.6 Å². The van der Waals surface area contributed by atoms with Crippen LogP contribution in [-0.2, 0) is 20.9 Å². The van der Waals surface area contributed by atoms with Crippen molar-refractivity contribution in [3.05, 3.63) is 60.2 Å². The molecule has 0 fully saturated rings. The molecule has 0 saturated carbocycles. The molecule has 0 bridgehead atoms. The molecular formula is C19H19NO5. The summed E-state index contributed by atoms with van der Waals surface area (Å²) in [5, 5.41) is 0. The van der Waals surface area contributed by atoms with Gasteiger partial charge in [0.25, 0.3) is 0 Å². The molecule has 6 heteroatoms. The maximum absolute atomic E-state index is 12.6. The van der Waals surface area contributed by atoms with Crippen LogP contribution in [0.4, 0.5) is 10.5 Å². The van der Waals surface area contributed by atoms with Gasteiger partial charge < -0.3 is 14.2 Å². The molecule has 1 atom stereocenters. The molecule has 1 heterocycles. The van der Waals surface area contributed by atoms with E-state index < -0.39 is 18.2 Å². The van der Waals surface area contributed by atoms with Gasteiger partial charge in [-0.3, -0.25) is 4.90 Å². The largest absolute Gasteiger partial charge is 0.475 e. The number of ether oxygens (including phenoxy) is 3. The van der Waals surface area contributed by atoms with Crippen LogP contribution < -0.4 is 9.64 Å². The van der Waals surface area contributed by atoms with E-state index in [2.05, 4.69) is 0 Å². The average molecular weight is 341 g/mol. The van der Waals surface area contributed by atoms with Crippen LogP contribution in [0.1, 0.15) is 12.5 Å². The minimum absolute atomic E-state index is 0.0451. The monoisotopic (exact) mass is 341 g/mol. The van der Waals surface area contributed by atoms with Crippen molar-refractivity contribution in [2.24, 2.45) is 0 Å². The van der Waals surface area contributed by atoms with E-state index in [0.29, 0.717) is 11.4 Å². The van der Waals surface area contributed by atoms with Crippen molar-refractivity contribution in [1.82, 2.24) is 0 Å². The Morgan fingerprint density at radius 1 is 1.08 bits per heavy atom. The van der Waals surface area contributed by atoms with Gasteiger partial charge in [0, 0.05) is 0 Å². The SMILES string of the molecule is CCOC(=O)[C@H]1CN(C(=O)OCc2ccccc2)c2ccccc2O1. The average Bonchev–Trinajstić information content (AvgIpc) is 2.66. The molecule has 1 amide bonds. The zero-order chi connectivity index (χ0) is 17.6. The van der Waals surface area contributed by atoms with Crippen molar-refractivity contribution in [1.29, 1.82) is 0 Å². The maximum Gasteiger partial charge on any atom is 0.414 e. The molecule has 0 aliphatic carbocycles. The van der Waals surface area contributed by atoms with Crippen LogP contribution in [0.5, 0.6) is 5.75 Å². The van der Waals surface area contributed by atoms with Gasteiger partial charge in [-0.25, -0.2) is 9.59 Å². The molecule has 2 aromatic rings. The van der Waals surface area contributed by atoms with Crippen molar-refractivity contribution in [3.63, 3.8) is 0 Å². The number of rotatable bonds is 4. The van der Waals surface area contributed by atoms with Gasteiger partial charge in [-0.05, 0) is 24.6 Å². The van der Waals surface area contributed by atoms with Crippen LogP contribution in [-0.4, -0.2) is 31.3 Å². The number of hydrogen-bond acceptors (Lipinski definition) is 5. The molecule has 0 saturated heterocycles. The van der Waals surface area contributed by atoms with Gasteiger partial charge in [0.15, 0.2) is 0 Å². The highest BCUT2D eigenvalue weighted by atomic mass is 16.6. The Balaban J connectivity index is 1.76. The van der Waals surface area contributed by atoms with E-state index in [1.165, 1.54) is 4.90 Å². The van der Waals surface area contributed by atoms with Crippen molar-refractivity contribution < 1.29 is 23.8 Å². The highest BCUT2D eigenvalue weighted by molar-refractivity contribution is 5.92. The molecule has 0 spiro atoms. The second-order valence-electron chi connectivity index (χ2n) is 5.48. The molecule has 0 radical (unpaired) electrons. The number of hydrogen-bond donors (Lipinski definition) is 0. The van der Waals surface area contributed by atoms with Crippen LogP contribution in [0, 0.1) is 0 Å². The number of amides is 1. The summed E-state index contributed by atoms with van der Waals surface area (Å²) in [4.78, 5) is 26.0. The molecular weight excluding hydrogens is 322 g/mol. The Labute approximate surface area is 145 Å². The van der Waals surface area contributed by atoms with Gasteiger partial charge >= 0.3 is 12.1 Å². The van der Waals surface area contributed by atoms with E-state index in [0.717, 1.165) is 5.56 Å². The van der Waals surface area contributed by atoms with E-state index in [1.807, 2.05) is 30.3 Å². The fourth-order valence-electron chi connectivity index (χ4n) is 2.56. The standard InChI is InChI=1S/C19H19NO5/c1-2-23-18(21)17-12-20(15-10-6-7-11-16(15)25-17)19(22)24-13-14-8-4-3-5-9-14/h3-11,17H,2,12-13H2,1H3/t17-/m1/s1. The summed E-state index contributed by atoms with van der Waals surface area (Å²) in [6.07, 6.45) is -1.41. The van der Waals surface area contributed by atoms with Gasteiger partial charge in [-0.2, -0.15) is 0 Å². The number of anilines is 1. The summed E-state index contributed by atoms with van der Waals surface area (Å²) in [5.74, 6) is -0.0543. The van der Waals surface area contributed by atoms with Gasteiger partial charge in [0.1, 0.15) is 12.4 Å². The quantitative estimate of drug-likeness (QED) is 0.799. The van der Waals surface area contributed by atoms with E-state index in [4.69, 9.17) is 14.2 Å². The van der Waals surface area contributed by atoms with Crippen molar-refractivity contribution in [2.45, 2.75) is 19.6 Å². The van der Waals surface area contributed by atoms with Crippen LogP contribution in [0.25, 0.3) is 0 Å². The third kappa shape index (κ3) is 3.91. The van der Waals surface area contributed by atoms with E-state index in [-0.39, 0.29) is 19.8 Å². The first-order chi connectivity index (χ1) is 12.2. The van der Waals surface area contributed by atoms with Crippen LogP contribution in [0.3, 0.4) is 0 Å². The lowest BCUT2D eigenvalue weighted by Gasteiger charge is -2.32. The fourth-order valence-corrected chi connectivity index (χ4v) is 2.56. The Morgan fingerprint density at radius 3 is 2.56 bits per heavy atom. The highest BCUT2D eigenvalue weighted by Gasteiger charge is 2.35. The van der Waals surface area contributed by atoms with Gasteiger partial charge in [-0.15, -0.1) is 0 Å². The summed E-state index contributed by atoms with van der Waals surface area (Å²) < 4.78 is 16.1. The van der Waals surface area contributed by atoms with Gasteiger partial charge in [-0.1, -0.05) is 42.5 Å². The maximum atomic E-state index is 12.6. The predicted molar refractivity (Wildman–Crippen MR) is 91.5 cm³/mol. The second kappa shape index (κ2) is 7.70. The van der Waals surface area contributed by atoms with E-state index in [9.17, 15) is 9.59 Å². The number of carbonyl (C=O) groups excluding carboxylic acids is 2. The van der Waals surface area contributed by atoms with Gasteiger partial charge in [0.2, 0.25) is 6.10 Å². The third-order valence-electron chi connectivity index (χ3n) is 3.75. The number of esters is 1. The number of carbonyl (C=O) groups is 2. The van der Waals surface area contributed by atoms with Crippen LogP contribution >= 0.6 is 0 Å². The Bertz CT molecular complexity index is 746. The molecule has 25 heavy (non-hydrogen) atoms. The van der Waals surface area contributed by atoms with Crippen molar-refractivity contribution in [2.75, 3.05) is 18.1 Å². The number of nitrogens with zero attached hydrogens (tertiary/aromatic N) is 1. The Morgan fingerprint density at radius 2 is 1.80 bits per heavy atom. The normalized spacial score (nSPS) is 15.7. The highest BCUT2D eigenvalue weighted by Crippen LogP contribution is 2.33. The van der Waals surface area contributed by atoms with E-state index in [1.54, 1.807) is 31.2 Å². The molecule has 1 aliphatic rings. The molecule has 0 N–H and O–H groups in total. The molecule has 0 unspecified atom stereocenters. The van der Waals surface area contributed by atoms with Crippen LogP contribution in [0.2, 0.25) is 0 Å². The third-order valence-corrected chi connectivity index (χ3v) is 3.75. The second-order valence-corrected chi connectivity index (χ2v) is 5.48. The first-order valence-corrected chi connectivity index (χ1v) is 8.09. The topological polar surface area (TPSA) is 65.1 Å². The lowest BCUT2D eigenvalue weighted by Crippen LogP contribution is -2.47. The molecule has 130 valence electrons. The first-order valence-electron chi connectivity index (χ1n) is 8.09. The number of para-hydroxylation sites is 2. The number of benzene rings is 2. The summed E-state index contributed by atoms with van der Waals surface area (Å²) in [5.41, 5.74) is 1.46. The minimum Gasteiger partial charge on any atom is -0.475 e. The molecule has 6 nitrogen and oxygen atoms in total. The molecule has 1 aliphatic heterocycles. The summed E-state index contributed by atoms with van der Waals surface area (Å²) in [7, 11) is 0. The Kier molecular flexibility index (Phi) is 5.18.